The van der Waals surface area contributed by atoms with Crippen LogP contribution in [0.4, 0.5) is 5.69 Å². The number of nitrogens with one attached hydrogen (secondary N) is 2. The van der Waals surface area contributed by atoms with Gasteiger partial charge in [-0.05, 0) is 65.4 Å². The normalized spacial score (nSPS) is 14.1. The number of halogens is 2. The van der Waals surface area contributed by atoms with E-state index in [-0.39, 0.29) is 17.4 Å². The van der Waals surface area contributed by atoms with E-state index in [1.54, 1.807) is 45.6 Å². The summed E-state index contributed by atoms with van der Waals surface area (Å²) in [5.74, 6) is 1.32. The van der Waals surface area contributed by atoms with Gasteiger partial charge in [-0.25, -0.2) is 0 Å². The van der Waals surface area contributed by atoms with Gasteiger partial charge >= 0.3 is 0 Å². The van der Waals surface area contributed by atoms with E-state index in [9.17, 15) is 9.59 Å². The summed E-state index contributed by atoms with van der Waals surface area (Å²) >= 11 is 12.3. The van der Waals surface area contributed by atoms with Crippen molar-refractivity contribution in [2.24, 2.45) is 0 Å². The SMILES string of the molecule is COc1cc2c(c(OC)c1OC)-c1ccc(NCc3ccc(Cl)cc3Cl)c(=O)cc1C(NC(C)=O)CC2. The zero-order chi connectivity index (χ0) is 26.7. The molecule has 9 heteroatoms. The number of anilines is 1. The van der Waals surface area contributed by atoms with Crippen LogP contribution in [0.2, 0.25) is 10.0 Å². The van der Waals surface area contributed by atoms with Crippen molar-refractivity contribution in [1.29, 1.82) is 0 Å². The molecule has 1 aliphatic carbocycles. The number of hydrogen-bond acceptors (Lipinski definition) is 6. The van der Waals surface area contributed by atoms with Crippen LogP contribution >= 0.6 is 23.2 Å². The third kappa shape index (κ3) is 5.48. The maximum absolute atomic E-state index is 13.4. The lowest BCUT2D eigenvalue weighted by molar-refractivity contribution is -0.119. The summed E-state index contributed by atoms with van der Waals surface area (Å²) in [6.45, 7) is 1.80. The second-order valence-corrected chi connectivity index (χ2v) is 9.53. The van der Waals surface area contributed by atoms with Gasteiger partial charge in [-0.2, -0.15) is 0 Å². The Morgan fingerprint density at radius 1 is 1.00 bits per heavy atom. The van der Waals surface area contributed by atoms with Crippen LogP contribution in [0.3, 0.4) is 0 Å². The molecule has 7 nitrogen and oxygen atoms in total. The number of carbonyl (C=O) groups is 1. The summed E-state index contributed by atoms with van der Waals surface area (Å²) in [7, 11) is 4.69. The number of aryl methyl sites for hydroxylation is 1. The Hall–Kier alpha value is -3.42. The Balaban J connectivity index is 1.89. The van der Waals surface area contributed by atoms with Gasteiger partial charge in [0.25, 0.3) is 0 Å². The largest absolute Gasteiger partial charge is 0.493 e. The lowest BCUT2D eigenvalue weighted by Gasteiger charge is -2.19. The molecule has 0 aliphatic heterocycles. The molecular formula is C28H28Cl2N2O5. The monoisotopic (exact) mass is 542 g/mol. The number of fused-ring (bicyclic) bond motifs is 3. The first kappa shape index (κ1) is 26.6. The lowest BCUT2D eigenvalue weighted by atomic mass is 9.95. The molecule has 3 aromatic rings. The molecule has 0 spiro atoms. The van der Waals surface area contributed by atoms with Crippen molar-refractivity contribution in [2.45, 2.75) is 32.4 Å². The molecule has 0 aromatic heterocycles. The minimum Gasteiger partial charge on any atom is -0.493 e. The standard InChI is InChI=1S/C28H28Cl2N2O5/c1-15(33)32-22-9-6-16-11-25(35-2)27(36-3)28(37-4)26(16)19-8-10-23(24(34)13-20(19)22)31-14-17-5-7-18(29)12-21(17)30/h5,7-8,10-13,22H,6,9,14H2,1-4H3,(H,31,34)(H,32,33). The Kier molecular flexibility index (Phi) is 8.15. The fourth-order valence-electron chi connectivity index (χ4n) is 4.71. The molecule has 1 aliphatic rings. The van der Waals surface area contributed by atoms with Gasteiger partial charge in [-0.15, -0.1) is 0 Å². The molecule has 1 atom stereocenters. The van der Waals surface area contributed by atoms with E-state index in [1.807, 2.05) is 18.2 Å². The van der Waals surface area contributed by atoms with Crippen molar-refractivity contribution in [3.63, 3.8) is 0 Å². The van der Waals surface area contributed by atoms with Gasteiger partial charge in [-0.1, -0.05) is 35.3 Å². The van der Waals surface area contributed by atoms with E-state index in [2.05, 4.69) is 10.6 Å². The highest BCUT2D eigenvalue weighted by Gasteiger charge is 2.29. The Morgan fingerprint density at radius 3 is 2.41 bits per heavy atom. The molecular weight excluding hydrogens is 515 g/mol. The van der Waals surface area contributed by atoms with Crippen molar-refractivity contribution in [1.82, 2.24) is 5.32 Å². The predicted octanol–water partition coefficient (Wildman–Crippen LogP) is 5.78. The van der Waals surface area contributed by atoms with Crippen LogP contribution in [0.5, 0.6) is 17.2 Å². The second kappa shape index (κ2) is 11.3. The number of benzene rings is 2. The van der Waals surface area contributed by atoms with Gasteiger partial charge in [0.05, 0.1) is 33.1 Å². The van der Waals surface area contributed by atoms with Gasteiger partial charge in [0.15, 0.2) is 11.5 Å². The smallest absolute Gasteiger partial charge is 0.217 e. The third-order valence-corrected chi connectivity index (χ3v) is 6.99. The summed E-state index contributed by atoms with van der Waals surface area (Å²) < 4.78 is 17.0. The molecule has 0 radical (unpaired) electrons. The zero-order valence-corrected chi connectivity index (χ0v) is 22.5. The van der Waals surface area contributed by atoms with Crippen LogP contribution in [0, 0.1) is 0 Å². The minimum absolute atomic E-state index is 0.182. The molecule has 0 saturated carbocycles. The first-order chi connectivity index (χ1) is 17.8. The number of ether oxygens (including phenoxy) is 3. The summed E-state index contributed by atoms with van der Waals surface area (Å²) in [6, 6.07) is 12.0. The summed E-state index contributed by atoms with van der Waals surface area (Å²) in [5.41, 5.74) is 4.19. The second-order valence-electron chi connectivity index (χ2n) is 8.69. The van der Waals surface area contributed by atoms with Crippen molar-refractivity contribution >= 4 is 34.8 Å². The van der Waals surface area contributed by atoms with Crippen molar-refractivity contribution in [3.05, 3.63) is 79.4 Å². The number of carbonyl (C=O) groups excluding carboxylic acids is 1. The van der Waals surface area contributed by atoms with Crippen molar-refractivity contribution in [2.75, 3.05) is 26.6 Å². The van der Waals surface area contributed by atoms with E-state index in [1.165, 1.54) is 6.92 Å². The topological polar surface area (TPSA) is 85.9 Å². The number of amides is 1. The van der Waals surface area contributed by atoms with Crippen LogP contribution in [-0.2, 0) is 17.8 Å². The Bertz CT molecular complexity index is 1410. The molecule has 4 rings (SSSR count). The average Bonchev–Trinajstić information content (AvgIpc) is 3.11. The molecule has 2 N–H and O–H groups in total. The van der Waals surface area contributed by atoms with Crippen LogP contribution in [-0.4, -0.2) is 27.2 Å². The van der Waals surface area contributed by atoms with Gasteiger partial charge < -0.3 is 24.8 Å². The molecule has 1 unspecified atom stereocenters. The fraction of sp³-hybridized carbons (Fsp3) is 0.286. The molecule has 3 aromatic carbocycles. The van der Waals surface area contributed by atoms with Gasteiger partial charge in [-0.3, -0.25) is 9.59 Å². The van der Waals surface area contributed by atoms with E-state index in [0.29, 0.717) is 57.9 Å². The lowest BCUT2D eigenvalue weighted by Crippen LogP contribution is -2.26. The van der Waals surface area contributed by atoms with E-state index in [4.69, 9.17) is 37.4 Å². The maximum atomic E-state index is 13.4. The quantitative estimate of drug-likeness (QED) is 0.393. The first-order valence-electron chi connectivity index (χ1n) is 11.7. The van der Waals surface area contributed by atoms with Gasteiger partial charge in [0, 0.05) is 29.1 Å². The third-order valence-electron chi connectivity index (χ3n) is 6.40. The van der Waals surface area contributed by atoms with E-state index in [0.717, 1.165) is 22.3 Å². The molecule has 0 heterocycles. The average molecular weight is 543 g/mol. The van der Waals surface area contributed by atoms with E-state index < -0.39 is 0 Å². The van der Waals surface area contributed by atoms with Crippen LogP contribution in [0.25, 0.3) is 11.1 Å². The molecule has 0 bridgehead atoms. The van der Waals surface area contributed by atoms with Crippen LogP contribution in [0.15, 0.2) is 47.3 Å². The number of hydrogen-bond donors (Lipinski definition) is 2. The molecule has 37 heavy (non-hydrogen) atoms. The maximum Gasteiger partial charge on any atom is 0.217 e. The van der Waals surface area contributed by atoms with Crippen molar-refractivity contribution in [3.8, 4) is 28.4 Å². The van der Waals surface area contributed by atoms with E-state index >= 15 is 0 Å². The molecule has 0 fully saturated rings. The minimum atomic E-state index is -0.375. The number of rotatable bonds is 7. The predicted molar refractivity (Wildman–Crippen MR) is 146 cm³/mol. The summed E-state index contributed by atoms with van der Waals surface area (Å²) in [6.07, 6.45) is 1.22. The summed E-state index contributed by atoms with van der Waals surface area (Å²) in [4.78, 5) is 25.5. The first-order valence-corrected chi connectivity index (χ1v) is 12.5. The number of methoxy groups -OCH3 is 3. The highest BCUT2D eigenvalue weighted by atomic mass is 35.5. The molecule has 0 saturated heterocycles. The fourth-order valence-corrected chi connectivity index (χ4v) is 5.18. The van der Waals surface area contributed by atoms with Gasteiger partial charge in [0.1, 0.15) is 0 Å². The Morgan fingerprint density at radius 2 is 1.76 bits per heavy atom. The zero-order valence-electron chi connectivity index (χ0n) is 21.0. The highest BCUT2D eigenvalue weighted by molar-refractivity contribution is 6.35. The van der Waals surface area contributed by atoms with Crippen LogP contribution < -0.4 is 30.3 Å². The van der Waals surface area contributed by atoms with Crippen LogP contribution in [0.1, 0.15) is 36.1 Å². The van der Waals surface area contributed by atoms with Gasteiger partial charge in [0.2, 0.25) is 17.1 Å². The molecule has 1 amide bonds. The summed E-state index contributed by atoms with van der Waals surface area (Å²) in [5, 5.41) is 7.25. The highest BCUT2D eigenvalue weighted by Crippen LogP contribution is 2.50. The Labute approximate surface area is 225 Å². The van der Waals surface area contributed by atoms with Crippen molar-refractivity contribution < 1.29 is 19.0 Å². The molecule has 194 valence electrons.